The third-order valence-corrected chi connectivity index (χ3v) is 6.91. The maximum absolute atomic E-state index is 12.5. The first-order valence-corrected chi connectivity index (χ1v) is 9.86. The molecule has 4 aliphatic carbocycles. The highest BCUT2D eigenvalue weighted by Crippen LogP contribution is 2.61. The fourth-order valence-electron chi connectivity index (χ4n) is 6.36. The van der Waals surface area contributed by atoms with Crippen molar-refractivity contribution in [3.05, 3.63) is 18.0 Å². The van der Waals surface area contributed by atoms with Crippen molar-refractivity contribution in [1.29, 1.82) is 0 Å². The van der Waals surface area contributed by atoms with Gasteiger partial charge >= 0.3 is 0 Å². The number of nitrogens with one attached hydrogen (secondary N) is 1. The molecular formula is C20H31N3O. The van der Waals surface area contributed by atoms with Gasteiger partial charge in [0.05, 0.1) is 5.69 Å². The van der Waals surface area contributed by atoms with E-state index in [-0.39, 0.29) is 5.91 Å². The normalized spacial score (nSPS) is 35.2. The monoisotopic (exact) mass is 329 g/mol. The van der Waals surface area contributed by atoms with E-state index in [1.54, 1.807) is 0 Å². The van der Waals surface area contributed by atoms with Crippen molar-refractivity contribution in [1.82, 2.24) is 15.1 Å². The molecular weight excluding hydrogens is 298 g/mol. The van der Waals surface area contributed by atoms with Gasteiger partial charge in [0.25, 0.3) is 0 Å². The van der Waals surface area contributed by atoms with E-state index < -0.39 is 0 Å². The summed E-state index contributed by atoms with van der Waals surface area (Å²) in [6.07, 6.45) is 12.0. The average Bonchev–Trinajstić information content (AvgIpc) is 2.94. The van der Waals surface area contributed by atoms with E-state index in [0.29, 0.717) is 24.4 Å². The van der Waals surface area contributed by atoms with Crippen molar-refractivity contribution in [3.63, 3.8) is 0 Å². The van der Waals surface area contributed by atoms with E-state index in [9.17, 15) is 4.79 Å². The number of carbonyl (C=O) groups excluding carboxylic acids is 1. The summed E-state index contributed by atoms with van der Waals surface area (Å²) in [4.78, 5) is 12.5. The van der Waals surface area contributed by atoms with Crippen LogP contribution in [0.25, 0.3) is 0 Å². The van der Waals surface area contributed by atoms with Crippen LogP contribution in [0.5, 0.6) is 0 Å². The standard InChI is InChI=1S/C20H31N3O/c1-3-18(21-19(24)5-7-23-6-4-14(2)22-23)20-11-15-8-16(12-20)10-17(9-15)13-20/h4,6,15-18H,3,5,7-13H2,1-2H3,(H,21,24). The molecule has 4 aliphatic rings. The molecule has 1 heterocycles. The van der Waals surface area contributed by atoms with Crippen molar-refractivity contribution in [2.24, 2.45) is 23.2 Å². The summed E-state index contributed by atoms with van der Waals surface area (Å²) in [7, 11) is 0. The molecule has 0 spiro atoms. The summed E-state index contributed by atoms with van der Waals surface area (Å²) in [5, 5.41) is 7.79. The summed E-state index contributed by atoms with van der Waals surface area (Å²) in [5.74, 6) is 3.02. The van der Waals surface area contributed by atoms with Gasteiger partial charge in [0.2, 0.25) is 5.91 Å². The molecule has 1 N–H and O–H groups in total. The molecule has 4 saturated carbocycles. The molecule has 4 heteroatoms. The van der Waals surface area contributed by atoms with Crippen LogP contribution in [0.4, 0.5) is 0 Å². The largest absolute Gasteiger partial charge is 0.353 e. The van der Waals surface area contributed by atoms with Crippen LogP contribution in [0.3, 0.4) is 0 Å². The Kier molecular flexibility index (Phi) is 4.17. The van der Waals surface area contributed by atoms with E-state index in [1.165, 1.54) is 38.5 Å². The topological polar surface area (TPSA) is 46.9 Å². The van der Waals surface area contributed by atoms with Crippen LogP contribution in [0.2, 0.25) is 0 Å². The minimum Gasteiger partial charge on any atom is -0.353 e. The predicted octanol–water partition coefficient (Wildman–Crippen LogP) is 3.69. The van der Waals surface area contributed by atoms with Crippen LogP contribution >= 0.6 is 0 Å². The smallest absolute Gasteiger partial charge is 0.222 e. The van der Waals surface area contributed by atoms with E-state index >= 15 is 0 Å². The fourth-order valence-corrected chi connectivity index (χ4v) is 6.36. The summed E-state index contributed by atoms with van der Waals surface area (Å²) in [6, 6.07) is 2.36. The molecule has 5 rings (SSSR count). The molecule has 4 fully saturated rings. The molecule has 24 heavy (non-hydrogen) atoms. The van der Waals surface area contributed by atoms with Gasteiger partial charge in [-0.1, -0.05) is 6.92 Å². The van der Waals surface area contributed by atoms with Gasteiger partial charge in [0.15, 0.2) is 0 Å². The highest BCUT2D eigenvalue weighted by atomic mass is 16.1. The summed E-state index contributed by atoms with van der Waals surface area (Å²) < 4.78 is 1.88. The van der Waals surface area contributed by atoms with Gasteiger partial charge < -0.3 is 5.32 Å². The van der Waals surface area contributed by atoms with E-state index in [4.69, 9.17) is 0 Å². The number of amides is 1. The molecule has 1 atom stereocenters. The Morgan fingerprint density at radius 2 is 1.92 bits per heavy atom. The van der Waals surface area contributed by atoms with E-state index in [2.05, 4.69) is 17.3 Å². The first-order valence-electron chi connectivity index (χ1n) is 9.86. The zero-order chi connectivity index (χ0) is 16.7. The number of hydrogen-bond acceptors (Lipinski definition) is 2. The summed E-state index contributed by atoms with van der Waals surface area (Å²) >= 11 is 0. The Bertz CT molecular complexity index is 570. The molecule has 1 aromatic heterocycles. The maximum Gasteiger partial charge on any atom is 0.222 e. The second-order valence-electron chi connectivity index (χ2n) is 8.78. The molecule has 1 unspecified atom stereocenters. The number of rotatable bonds is 6. The first-order chi connectivity index (χ1) is 11.6. The molecule has 132 valence electrons. The Balaban J connectivity index is 1.38. The number of nitrogens with zero attached hydrogens (tertiary/aromatic N) is 2. The van der Waals surface area contributed by atoms with Crippen LogP contribution < -0.4 is 5.32 Å². The number of aromatic nitrogens is 2. The lowest BCUT2D eigenvalue weighted by molar-refractivity contribution is -0.126. The molecule has 4 nitrogen and oxygen atoms in total. The predicted molar refractivity (Wildman–Crippen MR) is 94.4 cm³/mol. The van der Waals surface area contributed by atoms with Crippen molar-refractivity contribution in [3.8, 4) is 0 Å². The zero-order valence-electron chi connectivity index (χ0n) is 15.1. The van der Waals surface area contributed by atoms with Crippen LogP contribution in [-0.2, 0) is 11.3 Å². The second-order valence-corrected chi connectivity index (χ2v) is 8.78. The summed E-state index contributed by atoms with van der Waals surface area (Å²) in [5.41, 5.74) is 1.41. The van der Waals surface area contributed by atoms with Gasteiger partial charge in [-0.3, -0.25) is 9.48 Å². The van der Waals surface area contributed by atoms with Gasteiger partial charge in [-0.15, -0.1) is 0 Å². The van der Waals surface area contributed by atoms with E-state index in [0.717, 1.165) is 29.9 Å². The molecule has 0 radical (unpaired) electrons. The second kappa shape index (κ2) is 6.20. The van der Waals surface area contributed by atoms with Crippen molar-refractivity contribution in [2.75, 3.05) is 0 Å². The zero-order valence-corrected chi connectivity index (χ0v) is 15.1. The number of hydrogen-bond donors (Lipinski definition) is 1. The van der Waals surface area contributed by atoms with Gasteiger partial charge in [0.1, 0.15) is 0 Å². The summed E-state index contributed by atoms with van der Waals surface area (Å²) in [6.45, 7) is 4.91. The molecule has 0 saturated heterocycles. The van der Waals surface area contributed by atoms with Gasteiger partial charge in [-0.2, -0.15) is 5.10 Å². The van der Waals surface area contributed by atoms with Crippen molar-refractivity contribution < 1.29 is 4.79 Å². The van der Waals surface area contributed by atoms with Gasteiger partial charge in [-0.05, 0) is 81.1 Å². The van der Waals surface area contributed by atoms with Crippen LogP contribution in [0, 0.1) is 30.1 Å². The lowest BCUT2D eigenvalue weighted by atomic mass is 9.47. The van der Waals surface area contributed by atoms with Gasteiger partial charge in [0, 0.05) is 25.2 Å². The van der Waals surface area contributed by atoms with Crippen LogP contribution in [0.15, 0.2) is 12.3 Å². The fraction of sp³-hybridized carbons (Fsp3) is 0.800. The SMILES string of the molecule is CCC(NC(=O)CCn1ccc(C)n1)C12CC3CC(CC(C3)C1)C2. The van der Waals surface area contributed by atoms with Crippen molar-refractivity contribution >= 4 is 5.91 Å². The highest BCUT2D eigenvalue weighted by Gasteiger charge is 2.53. The van der Waals surface area contributed by atoms with Crippen LogP contribution in [-0.4, -0.2) is 21.7 Å². The first kappa shape index (κ1) is 16.2. The molecule has 0 aliphatic heterocycles. The quantitative estimate of drug-likeness (QED) is 0.865. The minimum absolute atomic E-state index is 0.200. The average molecular weight is 329 g/mol. The van der Waals surface area contributed by atoms with Gasteiger partial charge in [-0.25, -0.2) is 0 Å². The van der Waals surface area contributed by atoms with Crippen LogP contribution in [0.1, 0.15) is 64.0 Å². The minimum atomic E-state index is 0.200. The molecule has 0 aromatic carbocycles. The Morgan fingerprint density at radius 1 is 1.29 bits per heavy atom. The Morgan fingerprint density at radius 3 is 2.42 bits per heavy atom. The van der Waals surface area contributed by atoms with E-state index in [1.807, 2.05) is 23.9 Å². The lowest BCUT2D eigenvalue weighted by Gasteiger charge is -2.59. The third-order valence-electron chi connectivity index (χ3n) is 6.91. The third kappa shape index (κ3) is 3.00. The maximum atomic E-state index is 12.5. The van der Waals surface area contributed by atoms with Crippen molar-refractivity contribution in [2.45, 2.75) is 77.8 Å². The Hall–Kier alpha value is -1.32. The number of aryl methyl sites for hydroxylation is 2. The number of carbonyl (C=O) groups is 1. The highest BCUT2D eigenvalue weighted by molar-refractivity contribution is 5.76. The Labute approximate surface area is 145 Å². The molecule has 1 aromatic rings. The lowest BCUT2D eigenvalue weighted by Crippen LogP contribution is -2.56. The molecule has 4 bridgehead atoms. The molecule has 1 amide bonds.